The Labute approximate surface area is 146 Å². The van der Waals surface area contributed by atoms with Gasteiger partial charge < -0.3 is 15.0 Å². The molecular weight excluding hydrogens is 300 g/mol. The quantitative estimate of drug-likeness (QED) is 0.685. The third kappa shape index (κ3) is 6.42. The molecule has 0 saturated carbocycles. The fourth-order valence-electron chi connectivity index (χ4n) is 2.94. The lowest BCUT2D eigenvalue weighted by atomic mass is 9.99. The number of hydrogen-bond acceptors (Lipinski definition) is 3. The predicted molar refractivity (Wildman–Crippen MR) is 99.5 cm³/mol. The largest absolute Gasteiger partial charge is 0.494 e. The summed E-state index contributed by atoms with van der Waals surface area (Å²) in [6.45, 7) is 7.40. The zero-order chi connectivity index (χ0) is 17.2. The van der Waals surface area contributed by atoms with Crippen molar-refractivity contribution >= 4 is 11.6 Å². The van der Waals surface area contributed by atoms with Crippen LogP contribution in [-0.4, -0.2) is 37.0 Å². The number of amides is 1. The Kier molecular flexibility index (Phi) is 7.93. The van der Waals surface area contributed by atoms with Crippen LogP contribution in [0.2, 0.25) is 0 Å². The Morgan fingerprint density at radius 2 is 1.88 bits per heavy atom. The Bertz CT molecular complexity index is 479. The highest BCUT2D eigenvalue weighted by Gasteiger charge is 2.19. The first-order valence-electron chi connectivity index (χ1n) is 9.43. The summed E-state index contributed by atoms with van der Waals surface area (Å²) in [5, 5.41) is 3.22. The van der Waals surface area contributed by atoms with Gasteiger partial charge in [-0.25, -0.2) is 0 Å². The molecule has 0 bridgehead atoms. The molecule has 1 heterocycles. The van der Waals surface area contributed by atoms with E-state index in [2.05, 4.69) is 19.2 Å². The van der Waals surface area contributed by atoms with Gasteiger partial charge in [0.15, 0.2) is 0 Å². The van der Waals surface area contributed by atoms with E-state index in [0.717, 1.165) is 56.3 Å². The average Bonchev–Trinajstić information content (AvgIpc) is 2.61. The molecule has 0 aliphatic carbocycles. The van der Waals surface area contributed by atoms with Crippen LogP contribution < -0.4 is 10.1 Å². The molecule has 4 heteroatoms. The van der Waals surface area contributed by atoms with Crippen molar-refractivity contribution in [2.45, 2.75) is 52.4 Å². The number of likely N-dealkylation sites (tertiary alicyclic amines) is 1. The molecule has 4 nitrogen and oxygen atoms in total. The molecule has 1 aromatic rings. The van der Waals surface area contributed by atoms with Gasteiger partial charge in [0.25, 0.3) is 0 Å². The summed E-state index contributed by atoms with van der Waals surface area (Å²) in [4.78, 5) is 14.2. The summed E-state index contributed by atoms with van der Waals surface area (Å²) in [5.74, 6) is 1.84. The van der Waals surface area contributed by atoms with Crippen molar-refractivity contribution in [3.63, 3.8) is 0 Å². The van der Waals surface area contributed by atoms with E-state index in [-0.39, 0.29) is 5.91 Å². The Hall–Kier alpha value is -1.71. The average molecular weight is 332 g/mol. The first-order valence-corrected chi connectivity index (χ1v) is 9.43. The number of benzene rings is 1. The summed E-state index contributed by atoms with van der Waals surface area (Å²) in [5.41, 5.74) is 0.965. The van der Waals surface area contributed by atoms with Crippen molar-refractivity contribution in [3.8, 4) is 5.75 Å². The van der Waals surface area contributed by atoms with E-state index in [9.17, 15) is 4.79 Å². The van der Waals surface area contributed by atoms with Crippen LogP contribution in [0.3, 0.4) is 0 Å². The van der Waals surface area contributed by atoms with E-state index in [0.29, 0.717) is 6.54 Å². The minimum Gasteiger partial charge on any atom is -0.494 e. The number of rotatable bonds is 9. The number of piperidine rings is 1. The molecule has 24 heavy (non-hydrogen) atoms. The van der Waals surface area contributed by atoms with Crippen molar-refractivity contribution in [3.05, 3.63) is 24.3 Å². The van der Waals surface area contributed by atoms with Crippen LogP contribution in [0, 0.1) is 5.92 Å². The molecule has 1 fully saturated rings. The third-order valence-electron chi connectivity index (χ3n) is 4.70. The van der Waals surface area contributed by atoms with Crippen molar-refractivity contribution in [1.29, 1.82) is 0 Å². The van der Waals surface area contributed by atoms with Crippen molar-refractivity contribution < 1.29 is 9.53 Å². The van der Waals surface area contributed by atoms with Gasteiger partial charge in [0, 0.05) is 18.8 Å². The molecule has 0 unspecified atom stereocenters. The summed E-state index contributed by atoms with van der Waals surface area (Å²) < 4.78 is 5.74. The number of carbonyl (C=O) groups is 1. The van der Waals surface area contributed by atoms with E-state index in [1.807, 2.05) is 29.2 Å². The molecular formula is C20H32N2O2. The van der Waals surface area contributed by atoms with Crippen molar-refractivity contribution in [2.75, 3.05) is 31.6 Å². The van der Waals surface area contributed by atoms with Gasteiger partial charge in [-0.2, -0.15) is 0 Å². The maximum atomic E-state index is 12.2. The molecule has 1 aliphatic rings. The van der Waals surface area contributed by atoms with Crippen LogP contribution in [0.1, 0.15) is 52.4 Å². The van der Waals surface area contributed by atoms with E-state index in [4.69, 9.17) is 4.74 Å². The fraction of sp³-hybridized carbons (Fsp3) is 0.650. The van der Waals surface area contributed by atoms with E-state index in [1.165, 1.54) is 19.3 Å². The lowest BCUT2D eigenvalue weighted by Gasteiger charge is -2.30. The minimum absolute atomic E-state index is 0.193. The first kappa shape index (κ1) is 18.6. The number of nitrogens with zero attached hydrogens (tertiary/aromatic N) is 1. The number of ether oxygens (including phenoxy) is 1. The number of unbranched alkanes of at least 4 members (excludes halogenated alkanes) is 3. The smallest absolute Gasteiger partial charge is 0.241 e. The second-order valence-corrected chi connectivity index (χ2v) is 6.85. The molecule has 1 saturated heterocycles. The van der Waals surface area contributed by atoms with Crippen LogP contribution in [0.4, 0.5) is 5.69 Å². The molecule has 1 aliphatic heterocycles. The van der Waals surface area contributed by atoms with Crippen LogP contribution >= 0.6 is 0 Å². The molecule has 134 valence electrons. The van der Waals surface area contributed by atoms with Crippen molar-refractivity contribution in [1.82, 2.24) is 4.90 Å². The van der Waals surface area contributed by atoms with Gasteiger partial charge in [-0.05, 0) is 49.4 Å². The number of nitrogens with one attached hydrogen (secondary N) is 1. The topological polar surface area (TPSA) is 41.6 Å². The Morgan fingerprint density at radius 1 is 1.17 bits per heavy atom. The van der Waals surface area contributed by atoms with Crippen LogP contribution in [-0.2, 0) is 4.79 Å². The molecule has 1 N–H and O–H groups in total. The number of anilines is 1. The van der Waals surface area contributed by atoms with Crippen molar-refractivity contribution in [2.24, 2.45) is 5.92 Å². The molecule has 0 atom stereocenters. The summed E-state index contributed by atoms with van der Waals surface area (Å²) in [7, 11) is 0. The van der Waals surface area contributed by atoms with Crippen LogP contribution in [0.25, 0.3) is 0 Å². The zero-order valence-corrected chi connectivity index (χ0v) is 15.2. The maximum absolute atomic E-state index is 12.2. The highest BCUT2D eigenvalue weighted by molar-refractivity contribution is 5.81. The predicted octanol–water partition coefficient (Wildman–Crippen LogP) is 4.32. The van der Waals surface area contributed by atoms with Gasteiger partial charge >= 0.3 is 0 Å². The normalized spacial score (nSPS) is 15.3. The summed E-state index contributed by atoms with van der Waals surface area (Å²) in [6.07, 6.45) is 7.10. The highest BCUT2D eigenvalue weighted by Crippen LogP contribution is 2.18. The monoisotopic (exact) mass is 332 g/mol. The number of hydrogen-bond donors (Lipinski definition) is 1. The molecule has 0 spiro atoms. The third-order valence-corrected chi connectivity index (χ3v) is 4.70. The fourth-order valence-corrected chi connectivity index (χ4v) is 2.94. The van der Waals surface area contributed by atoms with Gasteiger partial charge in [-0.3, -0.25) is 4.79 Å². The molecule has 1 aromatic carbocycles. The summed E-state index contributed by atoms with van der Waals surface area (Å²) >= 11 is 0. The first-order chi connectivity index (χ1) is 11.7. The maximum Gasteiger partial charge on any atom is 0.241 e. The van der Waals surface area contributed by atoms with Gasteiger partial charge in [0.2, 0.25) is 5.91 Å². The summed E-state index contributed by atoms with van der Waals surface area (Å²) in [6, 6.07) is 7.89. The second kappa shape index (κ2) is 10.2. The Balaban J connectivity index is 1.67. The Morgan fingerprint density at radius 3 is 2.54 bits per heavy atom. The molecule has 1 amide bonds. The van der Waals surface area contributed by atoms with E-state index >= 15 is 0 Å². The SMILES string of the molecule is CCCCCCOc1ccc(NCC(=O)N2CCC(C)CC2)cc1. The van der Waals surface area contributed by atoms with Gasteiger partial charge in [0.1, 0.15) is 5.75 Å². The van der Waals surface area contributed by atoms with Gasteiger partial charge in [0.05, 0.1) is 13.2 Å². The molecule has 2 rings (SSSR count). The number of carbonyl (C=O) groups excluding carboxylic acids is 1. The van der Waals surface area contributed by atoms with Crippen LogP contribution in [0.15, 0.2) is 24.3 Å². The lowest BCUT2D eigenvalue weighted by Crippen LogP contribution is -2.40. The highest BCUT2D eigenvalue weighted by atomic mass is 16.5. The molecule has 0 aromatic heterocycles. The van der Waals surface area contributed by atoms with Gasteiger partial charge in [-0.1, -0.05) is 33.1 Å². The zero-order valence-electron chi connectivity index (χ0n) is 15.2. The lowest BCUT2D eigenvalue weighted by molar-refractivity contribution is -0.130. The standard InChI is InChI=1S/C20H32N2O2/c1-3-4-5-6-15-24-19-9-7-18(8-10-19)21-16-20(23)22-13-11-17(2)12-14-22/h7-10,17,21H,3-6,11-16H2,1-2H3. The van der Waals surface area contributed by atoms with Crippen LogP contribution in [0.5, 0.6) is 5.75 Å². The van der Waals surface area contributed by atoms with E-state index < -0.39 is 0 Å². The minimum atomic E-state index is 0.193. The van der Waals surface area contributed by atoms with Gasteiger partial charge in [-0.15, -0.1) is 0 Å². The molecule has 0 radical (unpaired) electrons. The van der Waals surface area contributed by atoms with E-state index in [1.54, 1.807) is 0 Å². The second-order valence-electron chi connectivity index (χ2n) is 6.85.